The molecule has 2 aliphatic heterocycles. The van der Waals surface area contributed by atoms with Crippen LogP contribution in [0.15, 0.2) is 78.9 Å². The Kier molecular flexibility index (Phi) is 6.22. The third-order valence-electron chi connectivity index (χ3n) is 6.71. The van der Waals surface area contributed by atoms with Crippen LogP contribution < -0.4 is 4.74 Å². The Morgan fingerprint density at radius 1 is 0.844 bits per heavy atom. The lowest BCUT2D eigenvalue weighted by molar-refractivity contribution is 0.0596. The average molecular weight is 427 g/mol. The van der Waals surface area contributed by atoms with Gasteiger partial charge in [-0.2, -0.15) is 0 Å². The molecule has 0 bridgehead atoms. The molecule has 164 valence electrons. The number of piperidine rings is 1. The molecule has 0 spiro atoms. The normalized spacial score (nSPS) is 16.9. The maximum absolute atomic E-state index is 12.8. The first-order valence-electron chi connectivity index (χ1n) is 11.7. The van der Waals surface area contributed by atoms with Gasteiger partial charge in [0, 0.05) is 31.2 Å². The molecule has 1 amide bonds. The molecule has 4 heteroatoms. The van der Waals surface area contributed by atoms with Crippen molar-refractivity contribution in [3.8, 4) is 11.5 Å². The third-order valence-corrected chi connectivity index (χ3v) is 6.71. The fourth-order valence-electron chi connectivity index (χ4n) is 4.94. The summed E-state index contributed by atoms with van der Waals surface area (Å²) in [5.74, 6) is 2.04. The third kappa shape index (κ3) is 4.56. The molecule has 0 unspecified atom stereocenters. The van der Waals surface area contributed by atoms with Crippen molar-refractivity contribution >= 4 is 5.91 Å². The van der Waals surface area contributed by atoms with Crippen molar-refractivity contribution in [2.75, 3.05) is 19.6 Å². The number of amides is 1. The summed E-state index contributed by atoms with van der Waals surface area (Å²) in [7, 11) is 0. The molecule has 0 aliphatic carbocycles. The van der Waals surface area contributed by atoms with E-state index in [-0.39, 0.29) is 5.91 Å². The van der Waals surface area contributed by atoms with Crippen LogP contribution in [0.2, 0.25) is 0 Å². The molecule has 3 aromatic carbocycles. The molecule has 2 heterocycles. The Morgan fingerprint density at radius 2 is 1.56 bits per heavy atom. The van der Waals surface area contributed by atoms with Gasteiger partial charge in [0.25, 0.3) is 5.91 Å². The number of likely N-dealkylation sites (tertiary alicyclic amines) is 1. The number of ether oxygens (including phenoxy) is 1. The summed E-state index contributed by atoms with van der Waals surface area (Å²) in [4.78, 5) is 17.4. The lowest BCUT2D eigenvalue weighted by atomic mass is 10.0. The largest absolute Gasteiger partial charge is 0.457 e. The van der Waals surface area contributed by atoms with Crippen LogP contribution in [0.3, 0.4) is 0 Å². The number of nitrogens with zero attached hydrogens (tertiary/aromatic N) is 2. The first-order valence-corrected chi connectivity index (χ1v) is 11.7. The number of para-hydroxylation sites is 2. The van der Waals surface area contributed by atoms with Gasteiger partial charge in [-0.3, -0.25) is 4.79 Å². The smallest absolute Gasteiger partial charge is 0.254 e. The Morgan fingerprint density at radius 3 is 2.38 bits per heavy atom. The van der Waals surface area contributed by atoms with E-state index in [1.807, 2.05) is 54.6 Å². The van der Waals surface area contributed by atoms with Crippen LogP contribution in [0.25, 0.3) is 0 Å². The molecule has 3 aromatic rings. The van der Waals surface area contributed by atoms with Crippen molar-refractivity contribution in [1.29, 1.82) is 0 Å². The highest BCUT2D eigenvalue weighted by Crippen LogP contribution is 2.29. The maximum Gasteiger partial charge on any atom is 0.254 e. The fraction of sp³-hybridized carbons (Fsp3) is 0.321. The SMILES string of the molecule is O=C1c2ccccc2CN1C1CCN(CCCc2ccccc2Oc2ccccc2)CC1. The molecule has 1 saturated heterocycles. The summed E-state index contributed by atoms with van der Waals surface area (Å²) in [5, 5.41) is 0. The number of hydrogen-bond donors (Lipinski definition) is 0. The second-order valence-electron chi connectivity index (χ2n) is 8.79. The number of benzene rings is 3. The topological polar surface area (TPSA) is 32.8 Å². The van der Waals surface area contributed by atoms with Gasteiger partial charge < -0.3 is 14.5 Å². The van der Waals surface area contributed by atoms with Crippen molar-refractivity contribution in [3.63, 3.8) is 0 Å². The minimum atomic E-state index is 0.217. The molecular formula is C28H30N2O2. The minimum absolute atomic E-state index is 0.217. The molecule has 1 fully saturated rings. The molecule has 0 aromatic heterocycles. The summed E-state index contributed by atoms with van der Waals surface area (Å²) in [5.41, 5.74) is 3.33. The summed E-state index contributed by atoms with van der Waals surface area (Å²) in [6.45, 7) is 3.98. The Bertz CT molecular complexity index is 1060. The number of carbonyl (C=O) groups excluding carboxylic acids is 1. The van der Waals surface area contributed by atoms with Crippen LogP contribution in [-0.4, -0.2) is 41.4 Å². The Labute approximate surface area is 190 Å². The van der Waals surface area contributed by atoms with Gasteiger partial charge in [0.05, 0.1) is 0 Å². The summed E-state index contributed by atoms with van der Waals surface area (Å²) >= 11 is 0. The predicted octanol–water partition coefficient (Wildman–Crippen LogP) is 5.53. The first-order chi connectivity index (χ1) is 15.8. The quantitative estimate of drug-likeness (QED) is 0.498. The number of rotatable bonds is 7. The lowest BCUT2D eigenvalue weighted by Gasteiger charge is -2.36. The molecule has 5 rings (SSSR count). The number of fused-ring (bicyclic) bond motifs is 1. The zero-order valence-electron chi connectivity index (χ0n) is 18.5. The highest BCUT2D eigenvalue weighted by atomic mass is 16.5. The second-order valence-corrected chi connectivity index (χ2v) is 8.79. The van der Waals surface area contributed by atoms with Crippen LogP contribution in [0.4, 0.5) is 0 Å². The Balaban J connectivity index is 1.10. The second kappa shape index (κ2) is 9.58. The molecule has 0 radical (unpaired) electrons. The van der Waals surface area contributed by atoms with E-state index in [9.17, 15) is 4.79 Å². The molecule has 2 aliphatic rings. The van der Waals surface area contributed by atoms with Crippen LogP contribution in [0, 0.1) is 0 Å². The van der Waals surface area contributed by atoms with Gasteiger partial charge in [-0.15, -0.1) is 0 Å². The average Bonchev–Trinajstić information content (AvgIpc) is 3.18. The van der Waals surface area contributed by atoms with Crippen LogP contribution >= 0.6 is 0 Å². The van der Waals surface area contributed by atoms with E-state index in [1.165, 1.54) is 11.1 Å². The van der Waals surface area contributed by atoms with E-state index in [4.69, 9.17) is 4.74 Å². The van der Waals surface area contributed by atoms with Crippen molar-refractivity contribution < 1.29 is 9.53 Å². The van der Waals surface area contributed by atoms with E-state index in [0.717, 1.165) is 68.9 Å². The van der Waals surface area contributed by atoms with Gasteiger partial charge in [-0.05, 0) is 67.6 Å². The number of aryl methyl sites for hydroxylation is 1. The Hall–Kier alpha value is -3.11. The molecule has 0 N–H and O–H groups in total. The van der Waals surface area contributed by atoms with E-state index in [0.29, 0.717) is 6.04 Å². The van der Waals surface area contributed by atoms with Crippen LogP contribution in [-0.2, 0) is 13.0 Å². The molecule has 0 saturated carbocycles. The molecule has 0 atom stereocenters. The zero-order valence-corrected chi connectivity index (χ0v) is 18.5. The lowest BCUT2D eigenvalue weighted by Crippen LogP contribution is -2.45. The molecule has 32 heavy (non-hydrogen) atoms. The van der Waals surface area contributed by atoms with Crippen molar-refractivity contribution in [2.45, 2.75) is 38.3 Å². The standard InChI is InChI=1S/C28H30N2O2/c31-28-26-14-6-4-10-23(26)21-30(28)24-16-19-29(20-17-24)18-8-11-22-9-5-7-15-27(22)32-25-12-2-1-3-13-25/h1-7,9-10,12-15,24H,8,11,16-21H2. The first kappa shape index (κ1) is 20.8. The monoisotopic (exact) mass is 426 g/mol. The minimum Gasteiger partial charge on any atom is -0.457 e. The van der Waals surface area contributed by atoms with E-state index < -0.39 is 0 Å². The van der Waals surface area contributed by atoms with Gasteiger partial charge in [0.15, 0.2) is 0 Å². The highest BCUT2D eigenvalue weighted by Gasteiger charge is 2.33. The maximum atomic E-state index is 12.8. The van der Waals surface area contributed by atoms with Crippen molar-refractivity contribution in [1.82, 2.24) is 9.80 Å². The van der Waals surface area contributed by atoms with Gasteiger partial charge in [0.1, 0.15) is 11.5 Å². The van der Waals surface area contributed by atoms with Crippen LogP contribution in [0.1, 0.15) is 40.7 Å². The molecule has 4 nitrogen and oxygen atoms in total. The van der Waals surface area contributed by atoms with Gasteiger partial charge in [-0.25, -0.2) is 0 Å². The van der Waals surface area contributed by atoms with Crippen molar-refractivity contribution in [3.05, 3.63) is 95.6 Å². The summed E-state index contributed by atoms with van der Waals surface area (Å²) in [6.07, 6.45) is 4.23. The predicted molar refractivity (Wildman–Crippen MR) is 127 cm³/mol. The van der Waals surface area contributed by atoms with E-state index in [1.54, 1.807) is 0 Å². The highest BCUT2D eigenvalue weighted by molar-refractivity contribution is 5.98. The summed E-state index contributed by atoms with van der Waals surface area (Å²) < 4.78 is 6.11. The van der Waals surface area contributed by atoms with Gasteiger partial charge in [0.2, 0.25) is 0 Å². The zero-order chi connectivity index (χ0) is 21.8. The van der Waals surface area contributed by atoms with Crippen molar-refractivity contribution in [2.24, 2.45) is 0 Å². The van der Waals surface area contributed by atoms with E-state index in [2.05, 4.69) is 34.1 Å². The molecular weight excluding hydrogens is 396 g/mol. The summed E-state index contributed by atoms with van der Waals surface area (Å²) in [6, 6.07) is 26.7. The van der Waals surface area contributed by atoms with Gasteiger partial charge >= 0.3 is 0 Å². The van der Waals surface area contributed by atoms with Crippen LogP contribution in [0.5, 0.6) is 11.5 Å². The van der Waals surface area contributed by atoms with E-state index >= 15 is 0 Å². The van der Waals surface area contributed by atoms with Gasteiger partial charge in [-0.1, -0.05) is 54.6 Å². The fourth-order valence-corrected chi connectivity index (χ4v) is 4.94. The number of carbonyl (C=O) groups is 1. The number of hydrogen-bond acceptors (Lipinski definition) is 3.